The smallest absolute Gasteiger partial charge is 0.263 e. The first-order valence-corrected chi connectivity index (χ1v) is 9.47. The van der Waals surface area contributed by atoms with Crippen LogP contribution in [0.4, 0.5) is 0 Å². The van der Waals surface area contributed by atoms with E-state index in [-0.39, 0.29) is 11.8 Å². The molecule has 2 aliphatic heterocycles. The predicted molar refractivity (Wildman–Crippen MR) is 106 cm³/mol. The first-order chi connectivity index (χ1) is 13.7. The van der Waals surface area contributed by atoms with Gasteiger partial charge in [0.2, 0.25) is 0 Å². The molecular weight excluding hydrogens is 352 g/mol. The van der Waals surface area contributed by atoms with Crippen LogP contribution >= 0.6 is 0 Å². The van der Waals surface area contributed by atoms with Crippen LogP contribution in [-0.4, -0.2) is 41.5 Å². The molecule has 5 nitrogen and oxygen atoms in total. The Morgan fingerprint density at radius 3 is 2.32 bits per heavy atom. The standard InChI is InChI=1S/C23H20N2O3/c1-28-13-7-12-24-22(26)18-19(23(24)27)21-17-11-6-5-10-16(17)14-25(21)20(18)15-8-3-2-4-9-15/h2-6,8-11H,7,12-14H2,1H3. The van der Waals surface area contributed by atoms with Crippen LogP contribution in [-0.2, 0) is 11.3 Å². The molecule has 0 saturated carbocycles. The highest BCUT2D eigenvalue weighted by molar-refractivity contribution is 6.27. The van der Waals surface area contributed by atoms with Crippen molar-refractivity contribution in [1.29, 1.82) is 0 Å². The number of rotatable bonds is 5. The zero-order chi connectivity index (χ0) is 19.3. The number of methoxy groups -OCH3 is 1. The summed E-state index contributed by atoms with van der Waals surface area (Å²) in [6.07, 6.45) is 0.630. The Balaban J connectivity index is 1.71. The molecule has 1 aromatic heterocycles. The van der Waals surface area contributed by atoms with Crippen molar-refractivity contribution in [3.8, 4) is 22.5 Å². The quantitative estimate of drug-likeness (QED) is 0.395. The fraction of sp³-hybridized carbons (Fsp3) is 0.217. The molecule has 2 aromatic carbocycles. The Labute approximate surface area is 163 Å². The first-order valence-electron chi connectivity index (χ1n) is 9.47. The van der Waals surface area contributed by atoms with Crippen LogP contribution in [0.5, 0.6) is 0 Å². The summed E-state index contributed by atoms with van der Waals surface area (Å²) in [5, 5.41) is 0. The summed E-state index contributed by atoms with van der Waals surface area (Å²) in [7, 11) is 1.62. The summed E-state index contributed by atoms with van der Waals surface area (Å²) in [5.41, 5.74) is 5.98. The molecule has 0 radical (unpaired) electrons. The number of imide groups is 1. The van der Waals surface area contributed by atoms with Crippen LogP contribution in [0.2, 0.25) is 0 Å². The van der Waals surface area contributed by atoms with Crippen LogP contribution in [0.15, 0.2) is 54.6 Å². The number of hydrogen-bond donors (Lipinski definition) is 0. The number of hydrogen-bond acceptors (Lipinski definition) is 3. The molecule has 0 aliphatic carbocycles. The van der Waals surface area contributed by atoms with Crippen LogP contribution in [0.3, 0.4) is 0 Å². The van der Waals surface area contributed by atoms with Crippen molar-refractivity contribution in [2.45, 2.75) is 13.0 Å². The van der Waals surface area contributed by atoms with Crippen molar-refractivity contribution in [2.75, 3.05) is 20.3 Å². The third kappa shape index (κ3) is 2.29. The van der Waals surface area contributed by atoms with Crippen molar-refractivity contribution in [2.24, 2.45) is 0 Å². The molecule has 0 unspecified atom stereocenters. The summed E-state index contributed by atoms with van der Waals surface area (Å²) < 4.78 is 7.22. The summed E-state index contributed by atoms with van der Waals surface area (Å²) in [6.45, 7) is 1.56. The topological polar surface area (TPSA) is 51.5 Å². The molecule has 2 amide bonds. The lowest BCUT2D eigenvalue weighted by Crippen LogP contribution is -2.32. The lowest BCUT2D eigenvalue weighted by molar-refractivity contribution is 0.0638. The SMILES string of the molecule is COCCCN1C(=O)c2c(c3n(c2-c2ccccc2)Cc2ccccc2-3)C1=O. The van der Waals surface area contributed by atoms with Crippen molar-refractivity contribution in [1.82, 2.24) is 9.47 Å². The van der Waals surface area contributed by atoms with Gasteiger partial charge in [0.25, 0.3) is 11.8 Å². The lowest BCUT2D eigenvalue weighted by Gasteiger charge is -2.16. The van der Waals surface area contributed by atoms with Crippen molar-refractivity contribution in [3.63, 3.8) is 0 Å². The van der Waals surface area contributed by atoms with E-state index in [1.54, 1.807) is 7.11 Å². The zero-order valence-electron chi connectivity index (χ0n) is 15.6. The largest absolute Gasteiger partial charge is 0.385 e. The molecule has 2 aliphatic rings. The molecule has 0 bridgehead atoms. The highest BCUT2D eigenvalue weighted by Crippen LogP contribution is 2.46. The molecule has 5 heteroatoms. The van der Waals surface area contributed by atoms with E-state index >= 15 is 0 Å². The van der Waals surface area contributed by atoms with Crippen LogP contribution in [0.1, 0.15) is 32.7 Å². The number of carbonyl (C=O) groups excluding carboxylic acids is 2. The maximum Gasteiger partial charge on any atom is 0.263 e. The van der Waals surface area contributed by atoms with Gasteiger partial charge in [0.15, 0.2) is 0 Å². The third-order valence-corrected chi connectivity index (χ3v) is 5.56. The summed E-state index contributed by atoms with van der Waals surface area (Å²) in [6, 6.07) is 18.0. The Hall–Kier alpha value is -3.18. The molecular formula is C23H20N2O3. The number of carbonyl (C=O) groups is 2. The van der Waals surface area contributed by atoms with Crippen molar-refractivity contribution in [3.05, 3.63) is 71.3 Å². The summed E-state index contributed by atoms with van der Waals surface area (Å²) in [4.78, 5) is 27.9. The molecule has 3 heterocycles. The molecule has 0 N–H and O–H groups in total. The van der Waals surface area contributed by atoms with E-state index in [2.05, 4.69) is 10.6 Å². The normalized spacial score (nSPS) is 14.4. The van der Waals surface area contributed by atoms with Gasteiger partial charge < -0.3 is 9.30 Å². The van der Waals surface area contributed by atoms with E-state index in [9.17, 15) is 9.59 Å². The van der Waals surface area contributed by atoms with Gasteiger partial charge in [-0.25, -0.2) is 0 Å². The van der Waals surface area contributed by atoms with Gasteiger partial charge in [-0.3, -0.25) is 14.5 Å². The summed E-state index contributed by atoms with van der Waals surface area (Å²) in [5.74, 6) is -0.395. The molecule has 3 aromatic rings. The van der Waals surface area contributed by atoms with E-state index in [1.807, 2.05) is 48.5 Å². The van der Waals surface area contributed by atoms with Gasteiger partial charge in [-0.15, -0.1) is 0 Å². The van der Waals surface area contributed by atoms with Gasteiger partial charge in [0.05, 0.1) is 22.5 Å². The molecule has 0 atom stereocenters. The van der Waals surface area contributed by atoms with Gasteiger partial charge in [0, 0.05) is 32.4 Å². The van der Waals surface area contributed by atoms with E-state index in [1.165, 1.54) is 10.5 Å². The van der Waals surface area contributed by atoms with E-state index < -0.39 is 0 Å². The van der Waals surface area contributed by atoms with Crippen LogP contribution in [0.25, 0.3) is 22.5 Å². The predicted octanol–water partition coefficient (Wildman–Crippen LogP) is 3.82. The number of nitrogens with zero attached hydrogens (tertiary/aromatic N) is 2. The molecule has 5 rings (SSSR count). The van der Waals surface area contributed by atoms with E-state index in [4.69, 9.17) is 4.74 Å². The first kappa shape index (κ1) is 17.0. The Kier molecular flexibility index (Phi) is 3.91. The van der Waals surface area contributed by atoms with Crippen LogP contribution in [0, 0.1) is 0 Å². The third-order valence-electron chi connectivity index (χ3n) is 5.56. The summed E-state index contributed by atoms with van der Waals surface area (Å²) >= 11 is 0. The average molecular weight is 372 g/mol. The van der Waals surface area contributed by atoms with Gasteiger partial charge >= 0.3 is 0 Å². The number of benzene rings is 2. The second kappa shape index (κ2) is 6.46. The second-order valence-electron chi connectivity index (χ2n) is 7.16. The Morgan fingerprint density at radius 2 is 1.57 bits per heavy atom. The highest BCUT2D eigenvalue weighted by Gasteiger charge is 2.45. The number of aromatic nitrogens is 1. The molecule has 140 valence electrons. The Morgan fingerprint density at radius 1 is 0.893 bits per heavy atom. The fourth-order valence-corrected chi connectivity index (χ4v) is 4.36. The fourth-order valence-electron chi connectivity index (χ4n) is 4.36. The minimum absolute atomic E-state index is 0.196. The maximum atomic E-state index is 13.3. The zero-order valence-corrected chi connectivity index (χ0v) is 15.6. The molecule has 0 spiro atoms. The van der Waals surface area contributed by atoms with Gasteiger partial charge in [-0.05, 0) is 17.5 Å². The minimum atomic E-state index is -0.200. The number of amides is 2. The van der Waals surface area contributed by atoms with Gasteiger partial charge in [-0.2, -0.15) is 0 Å². The minimum Gasteiger partial charge on any atom is -0.385 e. The van der Waals surface area contributed by atoms with Crippen molar-refractivity contribution < 1.29 is 14.3 Å². The monoisotopic (exact) mass is 372 g/mol. The van der Waals surface area contributed by atoms with E-state index in [0.717, 1.165) is 22.5 Å². The second-order valence-corrected chi connectivity index (χ2v) is 7.16. The average Bonchev–Trinajstić information content (AvgIpc) is 3.32. The van der Waals surface area contributed by atoms with Gasteiger partial charge in [0.1, 0.15) is 0 Å². The van der Waals surface area contributed by atoms with Crippen LogP contribution < -0.4 is 0 Å². The molecule has 0 saturated heterocycles. The number of ether oxygens (including phenoxy) is 1. The maximum absolute atomic E-state index is 13.3. The van der Waals surface area contributed by atoms with E-state index in [0.29, 0.717) is 37.2 Å². The molecule has 0 fully saturated rings. The van der Waals surface area contributed by atoms with Crippen molar-refractivity contribution >= 4 is 11.8 Å². The van der Waals surface area contributed by atoms with Gasteiger partial charge in [-0.1, -0.05) is 54.6 Å². The highest BCUT2D eigenvalue weighted by atomic mass is 16.5. The molecule has 28 heavy (non-hydrogen) atoms. The number of fused-ring (bicyclic) bond motifs is 5. The Bertz CT molecular complexity index is 1080. The lowest BCUT2D eigenvalue weighted by atomic mass is 10.0.